The van der Waals surface area contributed by atoms with Crippen LogP contribution < -0.4 is 0 Å². The third kappa shape index (κ3) is 2.98. The van der Waals surface area contributed by atoms with E-state index < -0.39 is 15.4 Å². The molecule has 0 aromatic heterocycles. The van der Waals surface area contributed by atoms with E-state index in [2.05, 4.69) is 6.58 Å². The van der Waals surface area contributed by atoms with Gasteiger partial charge in [-0.1, -0.05) is 13.0 Å². The van der Waals surface area contributed by atoms with Crippen LogP contribution in [0.1, 0.15) is 19.8 Å². The van der Waals surface area contributed by atoms with Gasteiger partial charge < -0.3 is 0 Å². The lowest BCUT2D eigenvalue weighted by atomic mass is 10.2. The molecule has 0 aliphatic rings. The minimum Gasteiger partial charge on any atom is -0.285 e. The Morgan fingerprint density at radius 1 is 1.70 bits per heavy atom. The number of hydrogen-bond acceptors (Lipinski definition) is 2. The molecule has 0 aromatic rings. The SMILES string of the molecule is C=CC[C@H](CC)S(=O)(=O)O. The molecular formula is C6H12O3S. The van der Waals surface area contributed by atoms with Gasteiger partial charge in [0.05, 0.1) is 5.25 Å². The summed E-state index contributed by atoms with van der Waals surface area (Å²) in [6.45, 7) is 5.10. The minimum absolute atomic E-state index is 0.315. The van der Waals surface area contributed by atoms with Crippen LogP contribution in [0.25, 0.3) is 0 Å². The average molecular weight is 164 g/mol. The molecule has 1 N–H and O–H groups in total. The fraction of sp³-hybridized carbons (Fsp3) is 0.667. The lowest BCUT2D eigenvalue weighted by molar-refractivity contribution is 0.464. The minimum atomic E-state index is -3.85. The standard InChI is InChI=1S/C6H12O3S/c1-3-5-6(4-2)10(7,8)9/h3,6H,1,4-5H2,2H3,(H,7,8,9)/t6-/m0/s1. The van der Waals surface area contributed by atoms with E-state index in [9.17, 15) is 8.42 Å². The van der Waals surface area contributed by atoms with E-state index in [1.807, 2.05) is 0 Å². The molecule has 0 bridgehead atoms. The zero-order valence-corrected chi connectivity index (χ0v) is 6.76. The summed E-state index contributed by atoms with van der Waals surface area (Å²) in [6, 6.07) is 0. The molecule has 0 rings (SSSR count). The van der Waals surface area contributed by atoms with Gasteiger partial charge in [-0.2, -0.15) is 8.42 Å². The van der Waals surface area contributed by atoms with Crippen LogP contribution in [-0.4, -0.2) is 18.2 Å². The molecule has 0 heterocycles. The molecular weight excluding hydrogens is 152 g/mol. The van der Waals surface area contributed by atoms with Gasteiger partial charge in [-0.05, 0) is 12.8 Å². The summed E-state index contributed by atoms with van der Waals surface area (Å²) in [5.41, 5.74) is 0. The fourth-order valence-electron chi connectivity index (χ4n) is 0.685. The zero-order chi connectivity index (χ0) is 8.20. The lowest BCUT2D eigenvalue weighted by Gasteiger charge is -2.06. The zero-order valence-electron chi connectivity index (χ0n) is 5.95. The van der Waals surface area contributed by atoms with Gasteiger partial charge in [-0.15, -0.1) is 6.58 Å². The first kappa shape index (κ1) is 9.65. The van der Waals surface area contributed by atoms with Gasteiger partial charge in [-0.3, -0.25) is 4.55 Å². The highest BCUT2D eigenvalue weighted by Crippen LogP contribution is 2.08. The quantitative estimate of drug-likeness (QED) is 0.502. The molecule has 10 heavy (non-hydrogen) atoms. The molecule has 0 aromatic carbocycles. The molecule has 60 valence electrons. The fourth-order valence-corrected chi connectivity index (χ4v) is 1.49. The van der Waals surface area contributed by atoms with E-state index in [4.69, 9.17) is 4.55 Å². The predicted octanol–water partition coefficient (Wildman–Crippen LogP) is 1.23. The third-order valence-corrected chi connectivity index (χ3v) is 2.67. The lowest BCUT2D eigenvalue weighted by Crippen LogP contribution is -2.18. The summed E-state index contributed by atoms with van der Waals surface area (Å²) in [7, 11) is -3.85. The van der Waals surface area contributed by atoms with Crippen molar-refractivity contribution in [1.29, 1.82) is 0 Å². The van der Waals surface area contributed by atoms with E-state index in [1.165, 1.54) is 6.08 Å². The first-order chi connectivity index (χ1) is 4.52. The highest BCUT2D eigenvalue weighted by atomic mass is 32.2. The summed E-state index contributed by atoms with van der Waals surface area (Å²) in [5.74, 6) is 0. The van der Waals surface area contributed by atoms with Gasteiger partial charge in [0.2, 0.25) is 0 Å². The molecule has 0 aliphatic carbocycles. The van der Waals surface area contributed by atoms with Gasteiger partial charge in [0.25, 0.3) is 10.1 Å². The van der Waals surface area contributed by atoms with Gasteiger partial charge in [0.1, 0.15) is 0 Å². The highest BCUT2D eigenvalue weighted by molar-refractivity contribution is 7.86. The normalized spacial score (nSPS) is 14.6. The van der Waals surface area contributed by atoms with Gasteiger partial charge in [-0.25, -0.2) is 0 Å². The Hall–Kier alpha value is -0.350. The van der Waals surface area contributed by atoms with Crippen LogP contribution in [0, 0.1) is 0 Å². The van der Waals surface area contributed by atoms with Gasteiger partial charge in [0.15, 0.2) is 0 Å². The van der Waals surface area contributed by atoms with Crippen LogP contribution in [0.15, 0.2) is 12.7 Å². The van der Waals surface area contributed by atoms with Crippen LogP contribution in [0.4, 0.5) is 0 Å². The molecule has 0 spiro atoms. The van der Waals surface area contributed by atoms with Crippen LogP contribution in [-0.2, 0) is 10.1 Å². The predicted molar refractivity (Wildman–Crippen MR) is 40.4 cm³/mol. The highest BCUT2D eigenvalue weighted by Gasteiger charge is 2.18. The summed E-state index contributed by atoms with van der Waals surface area (Å²) >= 11 is 0. The molecule has 0 fully saturated rings. The van der Waals surface area contributed by atoms with Crippen LogP contribution in [0.3, 0.4) is 0 Å². The molecule has 0 radical (unpaired) electrons. The van der Waals surface area contributed by atoms with Crippen molar-refractivity contribution in [3.63, 3.8) is 0 Å². The number of allylic oxidation sites excluding steroid dienone is 1. The maximum absolute atomic E-state index is 10.5. The van der Waals surface area contributed by atoms with Crippen molar-refractivity contribution in [3.8, 4) is 0 Å². The first-order valence-electron chi connectivity index (χ1n) is 3.09. The van der Waals surface area contributed by atoms with Crippen molar-refractivity contribution in [2.45, 2.75) is 25.0 Å². The Balaban J connectivity index is 4.22. The monoisotopic (exact) mass is 164 g/mol. The second-order valence-corrected chi connectivity index (χ2v) is 3.77. The topological polar surface area (TPSA) is 54.4 Å². The second-order valence-electron chi connectivity index (χ2n) is 2.07. The van der Waals surface area contributed by atoms with Crippen LogP contribution in [0.2, 0.25) is 0 Å². The molecule has 0 aliphatic heterocycles. The Labute approximate surface area is 61.5 Å². The van der Waals surface area contributed by atoms with Crippen molar-refractivity contribution in [3.05, 3.63) is 12.7 Å². The third-order valence-electron chi connectivity index (χ3n) is 1.31. The van der Waals surface area contributed by atoms with E-state index >= 15 is 0 Å². The molecule has 1 atom stereocenters. The van der Waals surface area contributed by atoms with Crippen molar-refractivity contribution < 1.29 is 13.0 Å². The van der Waals surface area contributed by atoms with Crippen molar-refractivity contribution in [1.82, 2.24) is 0 Å². The molecule has 3 nitrogen and oxygen atoms in total. The van der Waals surface area contributed by atoms with E-state index in [0.29, 0.717) is 12.8 Å². The maximum atomic E-state index is 10.5. The smallest absolute Gasteiger partial charge is 0.268 e. The van der Waals surface area contributed by atoms with Crippen molar-refractivity contribution in [2.24, 2.45) is 0 Å². The maximum Gasteiger partial charge on any atom is 0.268 e. The summed E-state index contributed by atoms with van der Waals surface area (Å²) in [4.78, 5) is 0. The van der Waals surface area contributed by atoms with E-state index in [-0.39, 0.29) is 0 Å². The largest absolute Gasteiger partial charge is 0.285 e. The molecule has 0 saturated carbocycles. The summed E-state index contributed by atoms with van der Waals surface area (Å²) in [5, 5.41) is -0.676. The van der Waals surface area contributed by atoms with Crippen LogP contribution in [0.5, 0.6) is 0 Å². The molecule has 0 amide bonds. The Morgan fingerprint density at radius 3 is 2.30 bits per heavy atom. The van der Waals surface area contributed by atoms with E-state index in [1.54, 1.807) is 6.92 Å². The van der Waals surface area contributed by atoms with Crippen LogP contribution >= 0.6 is 0 Å². The van der Waals surface area contributed by atoms with Gasteiger partial charge >= 0.3 is 0 Å². The summed E-state index contributed by atoms with van der Waals surface area (Å²) < 4.78 is 29.5. The Kier molecular flexibility index (Phi) is 3.60. The first-order valence-corrected chi connectivity index (χ1v) is 4.59. The van der Waals surface area contributed by atoms with Crippen molar-refractivity contribution >= 4 is 10.1 Å². The molecule has 0 unspecified atom stereocenters. The van der Waals surface area contributed by atoms with Crippen molar-refractivity contribution in [2.75, 3.05) is 0 Å². The number of rotatable bonds is 4. The second kappa shape index (κ2) is 3.73. The van der Waals surface area contributed by atoms with E-state index in [0.717, 1.165) is 0 Å². The van der Waals surface area contributed by atoms with Gasteiger partial charge in [0, 0.05) is 0 Å². The number of hydrogen-bond donors (Lipinski definition) is 1. The molecule has 0 saturated heterocycles. The molecule has 4 heteroatoms. The Morgan fingerprint density at radius 2 is 2.20 bits per heavy atom. The summed E-state index contributed by atoms with van der Waals surface area (Å²) in [6.07, 6.45) is 2.22. The Bertz CT molecular complexity index is 193. The average Bonchev–Trinajstić information content (AvgIpc) is 1.80.